The first-order valence-corrected chi connectivity index (χ1v) is 6.91. The number of aromatic hydroxyl groups is 1. The zero-order valence-electron chi connectivity index (χ0n) is 12.1. The average Bonchev–Trinajstić information content (AvgIpc) is 2.99. The smallest absolute Gasteiger partial charge is 0.252 e. The van der Waals surface area contributed by atoms with E-state index in [2.05, 4.69) is 6.07 Å². The molecule has 1 heterocycles. The minimum Gasteiger partial charge on any atom is -0.507 e. The van der Waals surface area contributed by atoms with E-state index < -0.39 is 5.91 Å². The lowest BCUT2D eigenvalue weighted by atomic mass is 10.1. The van der Waals surface area contributed by atoms with Gasteiger partial charge in [-0.3, -0.25) is 4.79 Å². The summed E-state index contributed by atoms with van der Waals surface area (Å²) in [7, 11) is 0. The van der Waals surface area contributed by atoms with Gasteiger partial charge in [0.25, 0.3) is 5.91 Å². The molecule has 1 amide bonds. The summed E-state index contributed by atoms with van der Waals surface area (Å²) in [5.41, 5.74) is 8.12. The maximum Gasteiger partial charge on any atom is 0.252 e. The molecule has 3 rings (SSSR count). The van der Waals surface area contributed by atoms with E-state index in [1.54, 1.807) is 16.8 Å². The molecule has 3 N–H and O–H groups in total. The van der Waals surface area contributed by atoms with Crippen molar-refractivity contribution in [3.8, 4) is 28.6 Å². The lowest BCUT2D eigenvalue weighted by Crippen LogP contribution is -2.11. The van der Waals surface area contributed by atoms with Crippen LogP contribution in [0.4, 0.5) is 0 Å². The van der Waals surface area contributed by atoms with Crippen molar-refractivity contribution in [3.63, 3.8) is 0 Å². The number of rotatable bonds is 3. The molecule has 1 aromatic heterocycles. The number of phenols is 1. The number of amides is 1. The van der Waals surface area contributed by atoms with Gasteiger partial charge in [-0.15, -0.1) is 0 Å². The fraction of sp³-hybridized carbons (Fsp3) is 0. The van der Waals surface area contributed by atoms with Gasteiger partial charge in [0.15, 0.2) is 0 Å². The molecule has 0 aliphatic carbocycles. The van der Waals surface area contributed by atoms with Crippen molar-refractivity contribution < 1.29 is 9.90 Å². The molecule has 5 nitrogen and oxygen atoms in total. The van der Waals surface area contributed by atoms with Crippen LogP contribution in [0.25, 0.3) is 16.8 Å². The third kappa shape index (κ3) is 2.65. The summed E-state index contributed by atoms with van der Waals surface area (Å²) in [5, 5.41) is 19.2. The number of benzene rings is 2. The average molecular weight is 303 g/mol. The van der Waals surface area contributed by atoms with E-state index in [0.29, 0.717) is 11.3 Å². The summed E-state index contributed by atoms with van der Waals surface area (Å²) in [5.74, 6) is -0.882. The summed E-state index contributed by atoms with van der Waals surface area (Å²) in [4.78, 5) is 11.2. The van der Waals surface area contributed by atoms with Crippen molar-refractivity contribution >= 4 is 5.91 Å². The van der Waals surface area contributed by atoms with Gasteiger partial charge in [0.05, 0.1) is 11.1 Å². The van der Waals surface area contributed by atoms with Crippen LogP contribution in [0.3, 0.4) is 0 Å². The molecule has 0 bridgehead atoms. The highest BCUT2D eigenvalue weighted by Gasteiger charge is 2.12. The first-order valence-electron chi connectivity index (χ1n) is 6.91. The van der Waals surface area contributed by atoms with E-state index in [0.717, 1.165) is 11.1 Å². The van der Waals surface area contributed by atoms with Gasteiger partial charge in [-0.05, 0) is 17.7 Å². The van der Waals surface area contributed by atoms with E-state index in [1.165, 1.54) is 12.1 Å². The van der Waals surface area contributed by atoms with Crippen molar-refractivity contribution in [2.75, 3.05) is 0 Å². The van der Waals surface area contributed by atoms with E-state index in [1.807, 2.05) is 36.5 Å². The molecule has 0 atom stereocenters. The number of carbonyl (C=O) groups excluding carboxylic acids is 1. The SMILES string of the molecule is N#Cc1cn(-c2ccc(C(N)=O)c(O)c2)cc1-c1ccccc1. The van der Waals surface area contributed by atoms with Gasteiger partial charge in [-0.25, -0.2) is 0 Å². The van der Waals surface area contributed by atoms with Crippen LogP contribution in [0, 0.1) is 11.3 Å². The van der Waals surface area contributed by atoms with E-state index in [9.17, 15) is 15.2 Å². The second-order valence-corrected chi connectivity index (χ2v) is 5.04. The zero-order chi connectivity index (χ0) is 16.4. The van der Waals surface area contributed by atoms with E-state index in [4.69, 9.17) is 5.73 Å². The minimum atomic E-state index is -0.691. The fourth-order valence-corrected chi connectivity index (χ4v) is 2.43. The number of carbonyl (C=O) groups is 1. The lowest BCUT2D eigenvalue weighted by Gasteiger charge is -2.06. The third-order valence-corrected chi connectivity index (χ3v) is 3.58. The van der Waals surface area contributed by atoms with Gasteiger partial charge < -0.3 is 15.4 Å². The molecule has 23 heavy (non-hydrogen) atoms. The second-order valence-electron chi connectivity index (χ2n) is 5.04. The minimum absolute atomic E-state index is 0.0599. The largest absolute Gasteiger partial charge is 0.507 e. The van der Waals surface area contributed by atoms with Crippen molar-refractivity contribution in [1.29, 1.82) is 5.26 Å². The van der Waals surface area contributed by atoms with Crippen LogP contribution in [-0.2, 0) is 0 Å². The molecule has 0 fully saturated rings. The van der Waals surface area contributed by atoms with Gasteiger partial charge in [-0.2, -0.15) is 5.26 Å². The number of nitriles is 1. The molecule has 0 aliphatic heterocycles. The van der Waals surface area contributed by atoms with Gasteiger partial charge >= 0.3 is 0 Å². The topological polar surface area (TPSA) is 92.0 Å². The van der Waals surface area contributed by atoms with E-state index >= 15 is 0 Å². The normalized spacial score (nSPS) is 10.2. The molecule has 0 saturated heterocycles. The summed E-state index contributed by atoms with van der Waals surface area (Å²) in [6.07, 6.45) is 3.49. The van der Waals surface area contributed by atoms with Crippen molar-refractivity contribution in [3.05, 3.63) is 72.1 Å². The Morgan fingerprint density at radius 3 is 2.48 bits per heavy atom. The first kappa shape index (κ1) is 14.4. The molecule has 112 valence electrons. The maximum absolute atomic E-state index is 11.2. The molecular formula is C18H13N3O2. The Bertz CT molecular complexity index is 921. The summed E-state index contributed by atoms with van der Waals surface area (Å²) in [6, 6.07) is 16.3. The highest BCUT2D eigenvalue weighted by Crippen LogP contribution is 2.28. The second kappa shape index (κ2) is 5.70. The van der Waals surface area contributed by atoms with Crippen LogP contribution >= 0.6 is 0 Å². The van der Waals surface area contributed by atoms with Gasteiger partial charge in [-0.1, -0.05) is 30.3 Å². The molecule has 0 unspecified atom stereocenters. The number of hydrogen-bond donors (Lipinski definition) is 2. The van der Waals surface area contributed by atoms with Crippen LogP contribution in [-0.4, -0.2) is 15.6 Å². The number of nitrogens with two attached hydrogens (primary N) is 1. The Morgan fingerprint density at radius 2 is 1.87 bits per heavy atom. The van der Waals surface area contributed by atoms with Crippen LogP contribution < -0.4 is 5.73 Å². The fourth-order valence-electron chi connectivity index (χ4n) is 2.43. The Hall–Kier alpha value is -3.52. The van der Waals surface area contributed by atoms with Crippen LogP contribution in [0.2, 0.25) is 0 Å². The quantitative estimate of drug-likeness (QED) is 0.779. The summed E-state index contributed by atoms with van der Waals surface area (Å²) < 4.78 is 1.73. The zero-order valence-corrected chi connectivity index (χ0v) is 12.1. The lowest BCUT2D eigenvalue weighted by molar-refractivity contribution is 0.0998. The predicted molar refractivity (Wildman–Crippen MR) is 86.1 cm³/mol. The molecule has 3 aromatic rings. The molecule has 2 aromatic carbocycles. The van der Waals surface area contributed by atoms with Crippen LogP contribution in [0.1, 0.15) is 15.9 Å². The number of nitrogens with zero attached hydrogens (tertiary/aromatic N) is 2. The molecule has 0 radical (unpaired) electrons. The Kier molecular flexibility index (Phi) is 3.57. The van der Waals surface area contributed by atoms with Gasteiger partial charge in [0.1, 0.15) is 11.8 Å². The van der Waals surface area contributed by atoms with Crippen LogP contribution in [0.15, 0.2) is 60.9 Å². The number of primary amides is 1. The van der Waals surface area contributed by atoms with Gasteiger partial charge in [0.2, 0.25) is 0 Å². The third-order valence-electron chi connectivity index (χ3n) is 3.58. The number of aromatic nitrogens is 1. The molecule has 0 spiro atoms. The van der Waals surface area contributed by atoms with E-state index in [-0.39, 0.29) is 11.3 Å². The standard InChI is InChI=1S/C18H13N3O2/c19-9-13-10-21(11-16(13)12-4-2-1-3-5-12)14-6-7-15(18(20)23)17(22)8-14/h1-8,10-11,22H,(H2,20,23). The molecular weight excluding hydrogens is 290 g/mol. The Balaban J connectivity index is 2.09. The molecule has 0 saturated carbocycles. The number of hydrogen-bond acceptors (Lipinski definition) is 3. The molecule has 5 heteroatoms. The van der Waals surface area contributed by atoms with Crippen LogP contribution in [0.5, 0.6) is 5.75 Å². The predicted octanol–water partition coefficient (Wildman–Crippen LogP) is 2.82. The maximum atomic E-state index is 11.2. The van der Waals surface area contributed by atoms with Crippen molar-refractivity contribution in [2.24, 2.45) is 5.73 Å². The summed E-state index contributed by atoms with van der Waals surface area (Å²) in [6.45, 7) is 0. The Labute approximate surface area is 132 Å². The highest BCUT2D eigenvalue weighted by molar-refractivity contribution is 5.95. The summed E-state index contributed by atoms with van der Waals surface area (Å²) >= 11 is 0. The highest BCUT2D eigenvalue weighted by atomic mass is 16.3. The van der Waals surface area contributed by atoms with Gasteiger partial charge in [0, 0.05) is 29.7 Å². The first-order chi connectivity index (χ1) is 11.1. The Morgan fingerprint density at radius 1 is 1.13 bits per heavy atom. The van der Waals surface area contributed by atoms with Crippen molar-refractivity contribution in [1.82, 2.24) is 4.57 Å². The molecule has 0 aliphatic rings. The van der Waals surface area contributed by atoms with Crippen molar-refractivity contribution in [2.45, 2.75) is 0 Å². The monoisotopic (exact) mass is 303 g/mol.